The summed E-state index contributed by atoms with van der Waals surface area (Å²) in [6.45, 7) is 6.29. The van der Waals surface area contributed by atoms with Gasteiger partial charge >= 0.3 is 35.5 Å². The van der Waals surface area contributed by atoms with E-state index in [4.69, 9.17) is 9.66 Å². The molecule has 0 radical (unpaired) electrons. The minimum atomic E-state index is -3.67. The Hall–Kier alpha value is 0.120. The van der Waals surface area contributed by atoms with Crippen molar-refractivity contribution < 1.29 is 53.9 Å². The summed E-state index contributed by atoms with van der Waals surface area (Å²) in [5, 5.41) is 7.89. The molecule has 0 aromatic heterocycles. The molecule has 80 valence electrons. The first kappa shape index (κ1) is 19.7. The predicted molar refractivity (Wildman–Crippen MR) is 50.3 cm³/mol. The van der Waals surface area contributed by atoms with Crippen LogP contribution in [0, 0.1) is 0 Å². The van der Waals surface area contributed by atoms with E-state index in [1.165, 1.54) is 6.92 Å². The molecule has 0 unspecified atom stereocenters. The average molecular weight is 234 g/mol. The van der Waals surface area contributed by atoms with Crippen molar-refractivity contribution in [2.45, 2.75) is 20.3 Å². The molecule has 0 aliphatic carbocycles. The zero-order valence-corrected chi connectivity index (χ0v) is 11.5. The van der Waals surface area contributed by atoms with Gasteiger partial charge < -0.3 is 6.53 Å². The van der Waals surface area contributed by atoms with Crippen LogP contribution in [0.25, 0.3) is 0 Å². The van der Waals surface area contributed by atoms with Gasteiger partial charge in [0.05, 0.1) is 5.75 Å². The van der Waals surface area contributed by atoms with Gasteiger partial charge in [0.2, 0.25) is 0 Å². The first-order valence-corrected chi connectivity index (χ1v) is 5.15. The van der Waals surface area contributed by atoms with Crippen LogP contribution in [0.15, 0.2) is 12.2 Å². The Morgan fingerprint density at radius 2 is 1.79 bits per heavy atom. The van der Waals surface area contributed by atoms with Crippen molar-refractivity contribution in [2.24, 2.45) is 0 Å². The predicted octanol–water partition coefficient (Wildman–Crippen LogP) is -1.95. The second-order valence-electron chi connectivity index (χ2n) is 2.37. The molecule has 0 spiro atoms. The summed E-state index contributed by atoms with van der Waals surface area (Å²) in [6.07, 6.45) is 0.471. The Morgan fingerprint density at radius 1 is 1.50 bits per heavy atom. The second-order valence-corrected chi connectivity index (χ2v) is 3.94. The van der Waals surface area contributed by atoms with E-state index in [0.29, 0.717) is 6.42 Å². The van der Waals surface area contributed by atoms with E-state index >= 15 is 0 Å². The van der Waals surface area contributed by atoms with E-state index in [1.807, 2.05) is 0 Å². The Kier molecular flexibility index (Phi) is 13.6. The zero-order valence-electron chi connectivity index (χ0n) is 9.65. The van der Waals surface area contributed by atoms with E-state index in [0.717, 1.165) is 0 Å². The molecule has 0 aliphatic heterocycles. The largest absolute Gasteiger partial charge is 1.00 e. The molecule has 0 aromatic rings. The number of aliphatic carboxylic acids is 1. The number of carbonyl (C=O) groups is 1. The van der Waals surface area contributed by atoms with E-state index < -0.39 is 16.1 Å². The molecule has 2 N–H and O–H groups in total. The van der Waals surface area contributed by atoms with Gasteiger partial charge in [-0.2, -0.15) is 8.42 Å². The smallest absolute Gasteiger partial charge is 1.00 e. The van der Waals surface area contributed by atoms with Crippen molar-refractivity contribution in [2.75, 3.05) is 5.75 Å². The first-order valence-electron chi connectivity index (χ1n) is 3.54. The maximum atomic E-state index is 9.79. The first-order chi connectivity index (χ1) is 5.70. The molecule has 0 saturated heterocycles. The van der Waals surface area contributed by atoms with E-state index in [9.17, 15) is 13.2 Å². The van der Waals surface area contributed by atoms with Crippen LogP contribution in [0.1, 0.15) is 21.7 Å². The third-order valence-electron chi connectivity index (χ3n) is 0.827. The normalized spacial score (nSPS) is 9.07. The number of rotatable bonds is 3. The Labute approximate surface area is 108 Å². The summed E-state index contributed by atoms with van der Waals surface area (Å²) >= 11 is 0. The molecular weight excluding hydrogens is 219 g/mol. The maximum absolute atomic E-state index is 9.79. The van der Waals surface area contributed by atoms with E-state index in [2.05, 4.69) is 6.58 Å². The minimum absolute atomic E-state index is 0. The van der Waals surface area contributed by atoms with Gasteiger partial charge in [0.25, 0.3) is 10.1 Å². The van der Waals surface area contributed by atoms with Crippen LogP contribution >= 0.6 is 0 Å². The summed E-state index contributed by atoms with van der Waals surface area (Å²) in [5.74, 6) is -1.07. The van der Waals surface area contributed by atoms with Gasteiger partial charge in [-0.15, -0.1) is 0 Å². The maximum Gasteiger partial charge on any atom is 1.00 e. The van der Waals surface area contributed by atoms with E-state index in [-0.39, 0.29) is 42.3 Å². The van der Waals surface area contributed by atoms with Crippen LogP contribution in [-0.4, -0.2) is 29.8 Å². The van der Waals surface area contributed by atoms with Gasteiger partial charge in [-0.3, -0.25) is 4.55 Å². The second kappa shape index (κ2) is 9.67. The Bertz CT molecular complexity index is 263. The third kappa shape index (κ3) is 22.7. The summed E-state index contributed by atoms with van der Waals surface area (Å²) in [6, 6.07) is 0. The summed E-state index contributed by atoms with van der Waals surface area (Å²) in [5.41, 5.74) is 0.176. The summed E-state index contributed by atoms with van der Waals surface area (Å²) in [7, 11) is -3.67. The Morgan fingerprint density at radius 3 is 1.79 bits per heavy atom. The molecule has 5 nitrogen and oxygen atoms in total. The zero-order chi connectivity index (χ0) is 11.1. The van der Waals surface area contributed by atoms with Crippen molar-refractivity contribution >= 4 is 16.1 Å². The molecule has 0 aliphatic rings. The van der Waals surface area contributed by atoms with Crippen molar-refractivity contribution in [1.29, 1.82) is 0 Å². The molecule has 0 amide bonds. The molecule has 0 saturated carbocycles. The van der Waals surface area contributed by atoms with E-state index in [1.54, 1.807) is 6.92 Å². The quantitative estimate of drug-likeness (QED) is 0.336. The van der Waals surface area contributed by atoms with Crippen molar-refractivity contribution in [3.8, 4) is 0 Å². The number of carboxylic acid groups (broad SMARTS) is 1. The van der Waals surface area contributed by atoms with Gasteiger partial charge in [0.15, 0.2) is 0 Å². The molecule has 0 aromatic carbocycles. The SMILES string of the molecule is C=C(C)C(=O)O.CCCS(=O)(=O)O.[H-].[Na+]. The molecule has 0 fully saturated rings. The van der Waals surface area contributed by atoms with Crippen molar-refractivity contribution in [3.63, 3.8) is 0 Å². The van der Waals surface area contributed by atoms with Gasteiger partial charge in [-0.1, -0.05) is 13.5 Å². The third-order valence-corrected chi connectivity index (χ3v) is 1.75. The van der Waals surface area contributed by atoms with Gasteiger partial charge in [0, 0.05) is 5.57 Å². The number of hydrogen-bond donors (Lipinski definition) is 2. The summed E-state index contributed by atoms with van der Waals surface area (Å²) in [4.78, 5) is 9.60. The molecular formula is C7H15NaO5S. The van der Waals surface area contributed by atoms with Crippen molar-refractivity contribution in [1.82, 2.24) is 0 Å². The average Bonchev–Trinajstić information content (AvgIpc) is 1.85. The standard InChI is InChI=1S/C4H6O2.C3H8O3S.Na.H/c1-3(2)4(5)6;1-2-3-7(4,5)6;;/h1H2,2H3,(H,5,6);2-3H2,1H3,(H,4,5,6);;/q;;+1;-1. The Balaban J connectivity index is -0.0000000718. The molecule has 14 heavy (non-hydrogen) atoms. The van der Waals surface area contributed by atoms with Crippen molar-refractivity contribution in [3.05, 3.63) is 12.2 Å². The molecule has 0 rings (SSSR count). The van der Waals surface area contributed by atoms with Gasteiger partial charge in [0.1, 0.15) is 0 Å². The van der Waals surface area contributed by atoms with Crippen LogP contribution in [0.5, 0.6) is 0 Å². The summed E-state index contributed by atoms with van der Waals surface area (Å²) < 4.78 is 27.6. The molecule has 7 heteroatoms. The van der Waals surface area contributed by atoms with Crippen LogP contribution < -0.4 is 29.6 Å². The molecule has 0 heterocycles. The van der Waals surface area contributed by atoms with Gasteiger partial charge in [-0.25, -0.2) is 4.79 Å². The number of carboxylic acids is 1. The fraction of sp³-hybridized carbons (Fsp3) is 0.571. The minimum Gasteiger partial charge on any atom is -1.00 e. The topological polar surface area (TPSA) is 91.7 Å². The molecule has 0 bridgehead atoms. The van der Waals surface area contributed by atoms with Crippen LogP contribution in [0.4, 0.5) is 0 Å². The van der Waals surface area contributed by atoms with Crippen LogP contribution in [-0.2, 0) is 14.9 Å². The van der Waals surface area contributed by atoms with Gasteiger partial charge in [-0.05, 0) is 13.3 Å². The molecule has 0 atom stereocenters. The van der Waals surface area contributed by atoms with Crippen LogP contribution in [0.2, 0.25) is 0 Å². The van der Waals surface area contributed by atoms with Crippen LogP contribution in [0.3, 0.4) is 0 Å². The fourth-order valence-electron chi connectivity index (χ4n) is 0.258. The fourth-order valence-corrected chi connectivity index (χ4v) is 0.774. The number of hydrogen-bond acceptors (Lipinski definition) is 3. The monoisotopic (exact) mass is 234 g/mol.